The molecule has 2 heteroatoms. The Hall–Kier alpha value is -0.370. The molecule has 54 valence electrons. The summed E-state index contributed by atoms with van der Waals surface area (Å²) in [4.78, 5) is 0. The molecule has 0 radical (unpaired) electrons. The fraction of sp³-hybridized carbons (Fsp3) is 0.250. The Kier molecular flexibility index (Phi) is 2.09. The highest BCUT2D eigenvalue weighted by Crippen LogP contribution is 2.19. The number of rotatable bonds is 0. The van der Waals surface area contributed by atoms with E-state index in [-0.39, 0.29) is 5.82 Å². The van der Waals surface area contributed by atoms with Gasteiger partial charge in [0.2, 0.25) is 0 Å². The monoisotopic (exact) mass is 202 g/mol. The minimum absolute atomic E-state index is 0.155. The molecule has 0 unspecified atom stereocenters. The first-order chi connectivity index (χ1) is 4.61. The van der Waals surface area contributed by atoms with Gasteiger partial charge in [-0.2, -0.15) is 0 Å². The SMILES string of the molecule is Cc1cc(C)c(Br)cc1F. The standard InChI is InChI=1S/C8H8BrF/c1-5-3-6(2)8(10)4-7(5)9/h3-4H,1-2H3. The normalized spacial score (nSPS) is 10.0. The second-order valence-electron chi connectivity index (χ2n) is 2.35. The zero-order chi connectivity index (χ0) is 7.72. The van der Waals surface area contributed by atoms with Crippen LogP contribution in [0.1, 0.15) is 11.1 Å². The predicted molar refractivity (Wildman–Crippen MR) is 43.6 cm³/mol. The van der Waals surface area contributed by atoms with Gasteiger partial charge in [-0.1, -0.05) is 22.0 Å². The zero-order valence-corrected chi connectivity index (χ0v) is 7.50. The molecule has 0 fully saturated rings. The van der Waals surface area contributed by atoms with E-state index in [1.54, 1.807) is 6.92 Å². The highest BCUT2D eigenvalue weighted by Gasteiger charge is 1.99. The summed E-state index contributed by atoms with van der Waals surface area (Å²) in [6, 6.07) is 3.31. The predicted octanol–water partition coefficient (Wildman–Crippen LogP) is 3.21. The third kappa shape index (κ3) is 1.37. The fourth-order valence-corrected chi connectivity index (χ4v) is 1.12. The van der Waals surface area contributed by atoms with Crippen LogP contribution in [0.2, 0.25) is 0 Å². The number of benzene rings is 1. The molecular formula is C8H8BrF. The van der Waals surface area contributed by atoms with Crippen molar-refractivity contribution in [1.29, 1.82) is 0 Å². The molecule has 0 aliphatic heterocycles. The molecule has 0 heterocycles. The Labute approximate surface area is 68.2 Å². The van der Waals surface area contributed by atoms with Crippen molar-refractivity contribution in [2.75, 3.05) is 0 Å². The third-order valence-corrected chi connectivity index (χ3v) is 2.29. The largest absolute Gasteiger partial charge is 0.207 e. The van der Waals surface area contributed by atoms with Crippen LogP contribution < -0.4 is 0 Å². The highest BCUT2D eigenvalue weighted by molar-refractivity contribution is 9.10. The second-order valence-corrected chi connectivity index (χ2v) is 3.20. The lowest BCUT2D eigenvalue weighted by Crippen LogP contribution is -1.84. The summed E-state index contributed by atoms with van der Waals surface area (Å²) < 4.78 is 13.6. The third-order valence-electron chi connectivity index (χ3n) is 1.44. The first kappa shape index (κ1) is 7.73. The molecule has 0 aliphatic rings. The molecule has 1 rings (SSSR count). The minimum Gasteiger partial charge on any atom is -0.207 e. The summed E-state index contributed by atoms with van der Waals surface area (Å²) in [6.07, 6.45) is 0. The van der Waals surface area contributed by atoms with E-state index < -0.39 is 0 Å². The molecule has 0 amide bonds. The van der Waals surface area contributed by atoms with E-state index in [0.717, 1.165) is 10.0 Å². The molecule has 0 saturated heterocycles. The maximum Gasteiger partial charge on any atom is 0.127 e. The van der Waals surface area contributed by atoms with Crippen LogP contribution in [0, 0.1) is 19.7 Å². The summed E-state index contributed by atoms with van der Waals surface area (Å²) in [5, 5.41) is 0. The summed E-state index contributed by atoms with van der Waals surface area (Å²) in [5.41, 5.74) is 1.76. The van der Waals surface area contributed by atoms with Crippen LogP contribution in [-0.2, 0) is 0 Å². The Morgan fingerprint density at radius 3 is 2.30 bits per heavy atom. The first-order valence-electron chi connectivity index (χ1n) is 3.03. The molecule has 0 aromatic heterocycles. The van der Waals surface area contributed by atoms with Crippen LogP contribution in [0.15, 0.2) is 16.6 Å². The van der Waals surface area contributed by atoms with Crippen molar-refractivity contribution >= 4 is 15.9 Å². The van der Waals surface area contributed by atoms with Crippen molar-refractivity contribution in [1.82, 2.24) is 0 Å². The van der Waals surface area contributed by atoms with E-state index in [0.29, 0.717) is 5.56 Å². The van der Waals surface area contributed by atoms with Crippen molar-refractivity contribution in [2.45, 2.75) is 13.8 Å². The lowest BCUT2D eigenvalue weighted by Gasteiger charge is -1.99. The molecule has 0 bridgehead atoms. The number of hydrogen-bond acceptors (Lipinski definition) is 0. The number of halogens is 2. The fourth-order valence-electron chi connectivity index (χ4n) is 0.802. The smallest absolute Gasteiger partial charge is 0.127 e. The number of aryl methyl sites for hydroxylation is 2. The Morgan fingerprint density at radius 1 is 1.20 bits per heavy atom. The van der Waals surface area contributed by atoms with Gasteiger partial charge < -0.3 is 0 Å². The van der Waals surface area contributed by atoms with Crippen molar-refractivity contribution in [3.63, 3.8) is 0 Å². The Balaban J connectivity index is 3.28. The van der Waals surface area contributed by atoms with Crippen molar-refractivity contribution in [2.24, 2.45) is 0 Å². The van der Waals surface area contributed by atoms with E-state index in [9.17, 15) is 4.39 Å². The minimum atomic E-state index is -0.155. The highest BCUT2D eigenvalue weighted by atomic mass is 79.9. The topological polar surface area (TPSA) is 0 Å². The van der Waals surface area contributed by atoms with Gasteiger partial charge in [0.05, 0.1) is 0 Å². The van der Waals surface area contributed by atoms with Gasteiger partial charge in [-0.05, 0) is 31.0 Å². The molecule has 0 saturated carbocycles. The maximum atomic E-state index is 12.7. The second kappa shape index (κ2) is 2.70. The van der Waals surface area contributed by atoms with Gasteiger partial charge in [0, 0.05) is 4.47 Å². The van der Waals surface area contributed by atoms with Crippen LogP contribution in [0.4, 0.5) is 4.39 Å². The van der Waals surface area contributed by atoms with Crippen molar-refractivity contribution in [3.05, 3.63) is 33.5 Å². The van der Waals surface area contributed by atoms with Gasteiger partial charge >= 0.3 is 0 Å². The molecule has 1 aromatic carbocycles. The van der Waals surface area contributed by atoms with E-state index in [1.165, 1.54) is 6.07 Å². The van der Waals surface area contributed by atoms with Crippen LogP contribution >= 0.6 is 15.9 Å². The molecule has 0 atom stereocenters. The Bertz CT molecular complexity index is 205. The van der Waals surface area contributed by atoms with Gasteiger partial charge in [-0.3, -0.25) is 0 Å². The van der Waals surface area contributed by atoms with Crippen LogP contribution in [0.5, 0.6) is 0 Å². The van der Waals surface area contributed by atoms with Gasteiger partial charge in [-0.15, -0.1) is 0 Å². The van der Waals surface area contributed by atoms with E-state index >= 15 is 0 Å². The summed E-state index contributed by atoms with van der Waals surface area (Å²) in [7, 11) is 0. The molecular weight excluding hydrogens is 195 g/mol. The van der Waals surface area contributed by atoms with E-state index in [2.05, 4.69) is 15.9 Å². The quantitative estimate of drug-likeness (QED) is 0.607. The summed E-state index contributed by atoms with van der Waals surface area (Å²) in [5.74, 6) is -0.155. The molecule has 0 N–H and O–H groups in total. The average Bonchev–Trinajstić information content (AvgIpc) is 1.84. The van der Waals surface area contributed by atoms with Crippen molar-refractivity contribution in [3.8, 4) is 0 Å². The van der Waals surface area contributed by atoms with Gasteiger partial charge in [0.15, 0.2) is 0 Å². The lowest BCUT2D eigenvalue weighted by atomic mass is 10.1. The summed E-state index contributed by atoms with van der Waals surface area (Å²) in [6.45, 7) is 3.70. The maximum absolute atomic E-state index is 12.7. The van der Waals surface area contributed by atoms with Gasteiger partial charge in [0.1, 0.15) is 5.82 Å². The molecule has 1 aromatic rings. The van der Waals surface area contributed by atoms with Crippen LogP contribution in [0.25, 0.3) is 0 Å². The van der Waals surface area contributed by atoms with Crippen LogP contribution in [-0.4, -0.2) is 0 Å². The molecule has 0 nitrogen and oxygen atoms in total. The molecule has 0 spiro atoms. The van der Waals surface area contributed by atoms with Crippen molar-refractivity contribution < 1.29 is 4.39 Å². The van der Waals surface area contributed by atoms with Crippen LogP contribution in [0.3, 0.4) is 0 Å². The van der Waals surface area contributed by atoms with E-state index in [4.69, 9.17) is 0 Å². The Morgan fingerprint density at radius 2 is 1.80 bits per heavy atom. The van der Waals surface area contributed by atoms with E-state index in [1.807, 2.05) is 13.0 Å². The lowest BCUT2D eigenvalue weighted by molar-refractivity contribution is 0.617. The van der Waals surface area contributed by atoms with Gasteiger partial charge in [0.25, 0.3) is 0 Å². The number of hydrogen-bond donors (Lipinski definition) is 0. The molecule has 0 aliphatic carbocycles. The summed E-state index contributed by atoms with van der Waals surface area (Å²) >= 11 is 3.24. The van der Waals surface area contributed by atoms with Gasteiger partial charge in [-0.25, -0.2) is 4.39 Å². The molecule has 10 heavy (non-hydrogen) atoms. The zero-order valence-electron chi connectivity index (χ0n) is 5.91. The average molecular weight is 203 g/mol. The first-order valence-corrected chi connectivity index (χ1v) is 3.83.